The maximum atomic E-state index is 11.4. The third kappa shape index (κ3) is 6.26. The monoisotopic (exact) mass is 174 g/mol. The maximum Gasteiger partial charge on any atom is 0.400 e. The van der Waals surface area contributed by atoms with Gasteiger partial charge in [0.1, 0.15) is 0 Å². The summed E-state index contributed by atoms with van der Waals surface area (Å²) in [4.78, 5) is 0. The summed E-state index contributed by atoms with van der Waals surface area (Å²) < 4.78 is 34.3. The molecule has 0 spiro atoms. The summed E-state index contributed by atoms with van der Waals surface area (Å²) in [5.74, 6) is 0. The number of halogens is 3. The third-order valence-electron chi connectivity index (χ3n) is 0.815. The van der Waals surface area contributed by atoms with Crippen molar-refractivity contribution >= 4 is 11.8 Å². The molecule has 0 fully saturated rings. The minimum atomic E-state index is -4.03. The Bertz CT molecular complexity index is 69.9. The third-order valence-corrected chi connectivity index (χ3v) is 1.79. The Hall–Kier alpha value is 0.140. The van der Waals surface area contributed by atoms with Gasteiger partial charge in [0.2, 0.25) is 0 Å². The molecule has 0 aromatic heterocycles. The molecule has 0 saturated heterocycles. The second-order valence-electron chi connectivity index (χ2n) is 1.42. The van der Waals surface area contributed by atoms with E-state index >= 15 is 0 Å². The summed E-state index contributed by atoms with van der Waals surface area (Å²) in [6.07, 6.45) is -2.59. The molecule has 1 unspecified atom stereocenters. The van der Waals surface area contributed by atoms with Crippen molar-refractivity contribution in [2.24, 2.45) is 0 Å². The minimum Gasteiger partial charge on any atom is -0.170 e. The lowest BCUT2D eigenvalue weighted by molar-refractivity contribution is -0.125. The highest BCUT2D eigenvalue weighted by Gasteiger charge is 2.34. The fourth-order valence-electron chi connectivity index (χ4n) is 0.134. The molecule has 0 heterocycles. The van der Waals surface area contributed by atoms with Crippen LogP contribution in [0.4, 0.5) is 13.2 Å². The van der Waals surface area contributed by atoms with Gasteiger partial charge >= 0.3 is 6.18 Å². The lowest BCUT2D eigenvalue weighted by Gasteiger charge is -2.11. The first-order valence-electron chi connectivity index (χ1n) is 3.08. The van der Waals surface area contributed by atoms with Gasteiger partial charge in [-0.25, -0.2) is 0 Å². The van der Waals surface area contributed by atoms with Gasteiger partial charge in [0.05, 0.1) is 5.25 Å². The van der Waals surface area contributed by atoms with Crippen LogP contribution >= 0.6 is 11.8 Å². The van der Waals surface area contributed by atoms with E-state index in [1.165, 1.54) is 6.26 Å². The fourth-order valence-corrected chi connectivity index (χ4v) is 0.401. The van der Waals surface area contributed by atoms with Crippen molar-refractivity contribution in [1.29, 1.82) is 0 Å². The molecule has 0 aromatic carbocycles. The molecule has 0 radical (unpaired) electrons. The van der Waals surface area contributed by atoms with Gasteiger partial charge in [0.25, 0.3) is 0 Å². The lowest BCUT2D eigenvalue weighted by atomic mass is 10.5. The van der Waals surface area contributed by atoms with Gasteiger partial charge in [-0.3, -0.25) is 0 Å². The summed E-state index contributed by atoms with van der Waals surface area (Å²) in [7, 11) is 0. The Balaban J connectivity index is 0. The molecule has 1 atom stereocenters. The van der Waals surface area contributed by atoms with Gasteiger partial charge < -0.3 is 0 Å². The molecular formula is C6H13F3S. The zero-order valence-corrected chi connectivity index (χ0v) is 7.44. The fraction of sp³-hybridized carbons (Fsp3) is 1.00. The van der Waals surface area contributed by atoms with Crippen molar-refractivity contribution in [2.45, 2.75) is 32.2 Å². The molecule has 0 amide bonds. The number of hydrogen-bond donors (Lipinski definition) is 0. The van der Waals surface area contributed by atoms with Crippen LogP contribution in [0.5, 0.6) is 0 Å². The Morgan fingerprint density at radius 1 is 1.20 bits per heavy atom. The van der Waals surface area contributed by atoms with Gasteiger partial charge in [-0.1, -0.05) is 13.8 Å². The molecule has 4 heteroatoms. The zero-order chi connectivity index (χ0) is 8.78. The average molecular weight is 174 g/mol. The molecule has 0 saturated carbocycles. The number of hydrogen-bond acceptors (Lipinski definition) is 1. The van der Waals surface area contributed by atoms with E-state index in [9.17, 15) is 13.2 Å². The predicted molar refractivity (Wildman–Crippen MR) is 40.4 cm³/mol. The van der Waals surface area contributed by atoms with Crippen LogP contribution in [-0.2, 0) is 0 Å². The Labute approximate surface area is 64.2 Å². The van der Waals surface area contributed by atoms with Crippen LogP contribution in [0.2, 0.25) is 0 Å². The van der Waals surface area contributed by atoms with E-state index in [2.05, 4.69) is 0 Å². The molecule has 0 aromatic rings. The quantitative estimate of drug-likeness (QED) is 0.587. The van der Waals surface area contributed by atoms with Gasteiger partial charge in [-0.05, 0) is 13.2 Å². The van der Waals surface area contributed by atoms with Crippen LogP contribution in [0.3, 0.4) is 0 Å². The standard InChI is InChI=1S/C4H7F3S.C2H6/c1-3(8-2)4(5,6)7;1-2/h3H,1-2H3;1-2H3. The first-order chi connectivity index (χ1) is 4.48. The number of rotatable bonds is 1. The summed E-state index contributed by atoms with van der Waals surface area (Å²) in [5, 5.41) is -1.23. The molecule has 64 valence electrons. The van der Waals surface area contributed by atoms with E-state index in [0.717, 1.165) is 18.7 Å². The van der Waals surface area contributed by atoms with E-state index < -0.39 is 11.4 Å². The molecule has 0 aliphatic heterocycles. The largest absolute Gasteiger partial charge is 0.400 e. The predicted octanol–water partition coefficient (Wildman–Crippen LogP) is 3.33. The average Bonchev–Trinajstić information content (AvgIpc) is 1.89. The SMILES string of the molecule is CC.CSC(C)C(F)(F)F. The van der Waals surface area contributed by atoms with Crippen molar-refractivity contribution in [2.75, 3.05) is 6.26 Å². The van der Waals surface area contributed by atoms with Crippen molar-refractivity contribution < 1.29 is 13.2 Å². The number of thioether (sulfide) groups is 1. The van der Waals surface area contributed by atoms with Gasteiger partial charge in [-0.2, -0.15) is 24.9 Å². The molecule has 0 aliphatic rings. The smallest absolute Gasteiger partial charge is 0.170 e. The van der Waals surface area contributed by atoms with Crippen LogP contribution in [0, 0.1) is 0 Å². The van der Waals surface area contributed by atoms with Crippen LogP contribution in [0.15, 0.2) is 0 Å². The van der Waals surface area contributed by atoms with Crippen LogP contribution in [0.1, 0.15) is 20.8 Å². The summed E-state index contributed by atoms with van der Waals surface area (Å²) in [6, 6.07) is 0. The van der Waals surface area contributed by atoms with E-state index in [1.54, 1.807) is 0 Å². The highest BCUT2D eigenvalue weighted by Crippen LogP contribution is 2.27. The first kappa shape index (κ1) is 12.8. The second kappa shape index (κ2) is 5.89. The topological polar surface area (TPSA) is 0 Å². The van der Waals surface area contributed by atoms with E-state index in [1.807, 2.05) is 13.8 Å². The maximum absolute atomic E-state index is 11.4. The van der Waals surface area contributed by atoms with Crippen molar-refractivity contribution in [3.8, 4) is 0 Å². The second-order valence-corrected chi connectivity index (χ2v) is 2.60. The lowest BCUT2D eigenvalue weighted by Crippen LogP contribution is -2.21. The van der Waals surface area contributed by atoms with E-state index in [4.69, 9.17) is 0 Å². The highest BCUT2D eigenvalue weighted by atomic mass is 32.2. The molecule has 0 bridgehead atoms. The van der Waals surface area contributed by atoms with Crippen molar-refractivity contribution in [1.82, 2.24) is 0 Å². The van der Waals surface area contributed by atoms with Crippen LogP contribution in [0.25, 0.3) is 0 Å². The van der Waals surface area contributed by atoms with E-state index in [0.29, 0.717) is 0 Å². The normalized spacial score (nSPS) is 13.5. The zero-order valence-electron chi connectivity index (χ0n) is 6.62. The number of alkyl halides is 3. The molecule has 0 rings (SSSR count). The highest BCUT2D eigenvalue weighted by molar-refractivity contribution is 7.99. The molecule has 0 nitrogen and oxygen atoms in total. The summed E-state index contributed by atoms with van der Waals surface area (Å²) in [5.41, 5.74) is 0. The van der Waals surface area contributed by atoms with Gasteiger partial charge in [0.15, 0.2) is 0 Å². The van der Waals surface area contributed by atoms with Crippen LogP contribution in [-0.4, -0.2) is 17.7 Å². The molecule has 0 aliphatic carbocycles. The van der Waals surface area contributed by atoms with Crippen molar-refractivity contribution in [3.63, 3.8) is 0 Å². The van der Waals surface area contributed by atoms with Crippen LogP contribution < -0.4 is 0 Å². The molecular weight excluding hydrogens is 161 g/mol. The van der Waals surface area contributed by atoms with Crippen molar-refractivity contribution in [3.05, 3.63) is 0 Å². The minimum absolute atomic E-state index is 0.807. The molecule has 10 heavy (non-hydrogen) atoms. The Kier molecular flexibility index (Phi) is 7.53. The Morgan fingerprint density at radius 2 is 1.50 bits per heavy atom. The van der Waals surface area contributed by atoms with Gasteiger partial charge in [-0.15, -0.1) is 0 Å². The Morgan fingerprint density at radius 3 is 1.50 bits per heavy atom. The van der Waals surface area contributed by atoms with Gasteiger partial charge in [0, 0.05) is 0 Å². The molecule has 0 N–H and O–H groups in total. The van der Waals surface area contributed by atoms with E-state index in [-0.39, 0.29) is 0 Å². The summed E-state index contributed by atoms with van der Waals surface area (Å²) in [6.45, 7) is 5.14. The summed E-state index contributed by atoms with van der Waals surface area (Å²) >= 11 is 0.807. The first-order valence-corrected chi connectivity index (χ1v) is 4.36.